The summed E-state index contributed by atoms with van der Waals surface area (Å²) in [5, 5.41) is 21.2. The number of nitrogens with one attached hydrogen (secondary N) is 1. The van der Waals surface area contributed by atoms with E-state index in [-0.39, 0.29) is 17.4 Å². The molecule has 0 aliphatic carbocycles. The summed E-state index contributed by atoms with van der Waals surface area (Å²) in [5.74, 6) is 0.455. The Kier molecular flexibility index (Phi) is 5.69. The maximum Gasteiger partial charge on any atom is 0.220 e. The number of rotatable bonds is 6. The molecule has 0 saturated heterocycles. The molecule has 0 aromatic heterocycles. The Balaban J connectivity index is 2.30. The van der Waals surface area contributed by atoms with E-state index in [0.29, 0.717) is 25.1 Å². The van der Waals surface area contributed by atoms with Gasteiger partial charge in [-0.2, -0.15) is 12.6 Å². The molecule has 94 valence electrons. The van der Waals surface area contributed by atoms with E-state index >= 15 is 0 Å². The summed E-state index contributed by atoms with van der Waals surface area (Å²) in [6, 6.07) is 4.65. The maximum absolute atomic E-state index is 11.3. The van der Waals surface area contributed by atoms with Gasteiger partial charge in [-0.05, 0) is 36.3 Å². The highest BCUT2D eigenvalue weighted by Crippen LogP contribution is 2.24. The average Bonchev–Trinajstić information content (AvgIpc) is 2.31. The number of aromatic hydroxyl groups is 2. The van der Waals surface area contributed by atoms with Crippen molar-refractivity contribution in [3.05, 3.63) is 23.8 Å². The summed E-state index contributed by atoms with van der Waals surface area (Å²) < 4.78 is 0. The van der Waals surface area contributed by atoms with Crippen molar-refractivity contribution in [1.29, 1.82) is 0 Å². The van der Waals surface area contributed by atoms with Crippen LogP contribution in [-0.2, 0) is 11.2 Å². The van der Waals surface area contributed by atoms with Crippen LogP contribution in [0, 0.1) is 0 Å². The lowest BCUT2D eigenvalue weighted by Crippen LogP contribution is -2.25. The smallest absolute Gasteiger partial charge is 0.220 e. The van der Waals surface area contributed by atoms with Crippen molar-refractivity contribution in [2.24, 2.45) is 0 Å². The Morgan fingerprint density at radius 3 is 2.71 bits per heavy atom. The first kappa shape index (κ1) is 13.7. The molecular formula is C12H17NO3S. The fourth-order valence-corrected chi connectivity index (χ4v) is 1.56. The summed E-state index contributed by atoms with van der Waals surface area (Å²) in [6.07, 6.45) is 1.89. The standard InChI is InChI=1S/C12H17NO3S/c14-10-4-3-9(8-11(10)15)5-6-13-12(16)2-1-7-17/h3-4,8,14-15,17H,1-2,5-7H2,(H,13,16). The lowest BCUT2D eigenvalue weighted by atomic mass is 10.1. The topological polar surface area (TPSA) is 69.6 Å². The number of carbonyl (C=O) groups excluding carboxylic acids is 1. The van der Waals surface area contributed by atoms with Crippen molar-refractivity contribution in [2.45, 2.75) is 19.3 Å². The summed E-state index contributed by atoms with van der Waals surface area (Å²) in [7, 11) is 0. The Bertz CT molecular complexity index is 382. The first-order valence-corrected chi connectivity index (χ1v) is 6.15. The number of carbonyl (C=O) groups is 1. The minimum atomic E-state index is -0.135. The van der Waals surface area contributed by atoms with Crippen LogP contribution in [0.15, 0.2) is 18.2 Å². The van der Waals surface area contributed by atoms with Gasteiger partial charge in [-0.25, -0.2) is 0 Å². The van der Waals surface area contributed by atoms with Crippen LogP contribution in [0.1, 0.15) is 18.4 Å². The molecule has 0 saturated carbocycles. The first-order chi connectivity index (χ1) is 8.13. The fraction of sp³-hybridized carbons (Fsp3) is 0.417. The molecule has 0 bridgehead atoms. The van der Waals surface area contributed by atoms with Crippen LogP contribution in [0.25, 0.3) is 0 Å². The molecule has 17 heavy (non-hydrogen) atoms. The van der Waals surface area contributed by atoms with Gasteiger partial charge < -0.3 is 15.5 Å². The Morgan fingerprint density at radius 2 is 2.06 bits per heavy atom. The molecule has 0 heterocycles. The Labute approximate surface area is 106 Å². The van der Waals surface area contributed by atoms with E-state index < -0.39 is 0 Å². The number of phenolic OH excluding ortho intramolecular Hbond substituents is 2. The van der Waals surface area contributed by atoms with Gasteiger partial charge in [-0.3, -0.25) is 4.79 Å². The van der Waals surface area contributed by atoms with Crippen molar-refractivity contribution in [3.8, 4) is 11.5 Å². The third-order valence-corrected chi connectivity index (χ3v) is 2.65. The van der Waals surface area contributed by atoms with Crippen LogP contribution in [0.2, 0.25) is 0 Å². The molecular weight excluding hydrogens is 238 g/mol. The lowest BCUT2D eigenvalue weighted by molar-refractivity contribution is -0.121. The maximum atomic E-state index is 11.3. The van der Waals surface area contributed by atoms with E-state index in [0.717, 1.165) is 12.0 Å². The molecule has 0 fully saturated rings. The lowest BCUT2D eigenvalue weighted by Gasteiger charge is -2.05. The number of hydrogen-bond donors (Lipinski definition) is 4. The minimum Gasteiger partial charge on any atom is -0.504 e. The molecule has 0 aliphatic heterocycles. The van der Waals surface area contributed by atoms with Crippen LogP contribution in [0.5, 0.6) is 11.5 Å². The predicted octanol–water partition coefficient (Wildman–Crippen LogP) is 1.47. The largest absolute Gasteiger partial charge is 0.504 e. The van der Waals surface area contributed by atoms with E-state index in [2.05, 4.69) is 17.9 Å². The Morgan fingerprint density at radius 1 is 1.29 bits per heavy atom. The van der Waals surface area contributed by atoms with Gasteiger partial charge in [0.2, 0.25) is 5.91 Å². The number of amides is 1. The SMILES string of the molecule is O=C(CCCS)NCCc1ccc(O)c(O)c1. The monoisotopic (exact) mass is 255 g/mol. The van der Waals surface area contributed by atoms with Gasteiger partial charge in [0.1, 0.15) is 0 Å². The number of thiol groups is 1. The number of benzene rings is 1. The minimum absolute atomic E-state index is 0.0158. The molecule has 0 unspecified atom stereocenters. The van der Waals surface area contributed by atoms with Gasteiger partial charge >= 0.3 is 0 Å². The van der Waals surface area contributed by atoms with Crippen molar-refractivity contribution in [3.63, 3.8) is 0 Å². The third-order valence-electron chi connectivity index (χ3n) is 2.34. The summed E-state index contributed by atoms with van der Waals surface area (Å²) in [5.41, 5.74) is 0.870. The summed E-state index contributed by atoms with van der Waals surface area (Å²) in [4.78, 5) is 11.3. The highest BCUT2D eigenvalue weighted by molar-refractivity contribution is 7.80. The van der Waals surface area contributed by atoms with E-state index in [9.17, 15) is 9.90 Å². The molecule has 0 radical (unpaired) electrons. The Hall–Kier alpha value is -1.36. The van der Waals surface area contributed by atoms with Crippen molar-refractivity contribution < 1.29 is 15.0 Å². The fourth-order valence-electron chi connectivity index (χ4n) is 1.40. The first-order valence-electron chi connectivity index (χ1n) is 5.52. The average molecular weight is 255 g/mol. The number of phenols is 2. The normalized spacial score (nSPS) is 10.2. The quantitative estimate of drug-likeness (QED) is 0.459. The second kappa shape index (κ2) is 7.06. The van der Waals surface area contributed by atoms with E-state index in [1.807, 2.05) is 0 Å². The van der Waals surface area contributed by atoms with Gasteiger partial charge in [0.05, 0.1) is 0 Å². The van der Waals surface area contributed by atoms with Crippen LogP contribution < -0.4 is 5.32 Å². The summed E-state index contributed by atoms with van der Waals surface area (Å²) in [6.45, 7) is 0.523. The summed E-state index contributed by atoms with van der Waals surface area (Å²) >= 11 is 4.03. The van der Waals surface area contributed by atoms with Gasteiger partial charge in [0, 0.05) is 13.0 Å². The van der Waals surface area contributed by atoms with Crippen molar-refractivity contribution >= 4 is 18.5 Å². The molecule has 5 heteroatoms. The van der Waals surface area contributed by atoms with Crippen LogP contribution >= 0.6 is 12.6 Å². The molecule has 0 spiro atoms. The highest BCUT2D eigenvalue weighted by atomic mass is 32.1. The zero-order chi connectivity index (χ0) is 12.7. The molecule has 1 amide bonds. The van der Waals surface area contributed by atoms with E-state index in [4.69, 9.17) is 5.11 Å². The van der Waals surface area contributed by atoms with Gasteiger partial charge in [-0.15, -0.1) is 0 Å². The van der Waals surface area contributed by atoms with Crippen molar-refractivity contribution in [1.82, 2.24) is 5.32 Å². The predicted molar refractivity (Wildman–Crippen MR) is 69.6 cm³/mol. The molecule has 1 aromatic rings. The molecule has 1 aromatic carbocycles. The highest BCUT2D eigenvalue weighted by Gasteiger charge is 2.02. The zero-order valence-corrected chi connectivity index (χ0v) is 10.4. The van der Waals surface area contributed by atoms with E-state index in [1.54, 1.807) is 6.07 Å². The van der Waals surface area contributed by atoms with Gasteiger partial charge in [0.25, 0.3) is 0 Å². The second-order valence-electron chi connectivity index (χ2n) is 3.75. The van der Waals surface area contributed by atoms with Gasteiger partial charge in [0.15, 0.2) is 11.5 Å². The van der Waals surface area contributed by atoms with Crippen LogP contribution in [0.4, 0.5) is 0 Å². The number of hydrogen-bond acceptors (Lipinski definition) is 4. The second-order valence-corrected chi connectivity index (χ2v) is 4.20. The van der Waals surface area contributed by atoms with Gasteiger partial charge in [-0.1, -0.05) is 6.07 Å². The van der Waals surface area contributed by atoms with E-state index in [1.165, 1.54) is 12.1 Å². The molecule has 3 N–H and O–H groups in total. The third kappa shape index (κ3) is 4.99. The van der Waals surface area contributed by atoms with Crippen molar-refractivity contribution in [2.75, 3.05) is 12.3 Å². The molecule has 0 atom stereocenters. The molecule has 1 rings (SSSR count). The van der Waals surface area contributed by atoms with Crippen LogP contribution in [0.3, 0.4) is 0 Å². The van der Waals surface area contributed by atoms with Crippen LogP contribution in [-0.4, -0.2) is 28.4 Å². The molecule has 0 aliphatic rings. The molecule has 4 nitrogen and oxygen atoms in total. The zero-order valence-electron chi connectivity index (χ0n) is 9.52.